The van der Waals surface area contributed by atoms with Gasteiger partial charge in [-0.2, -0.15) is 5.26 Å². The first-order valence-electron chi connectivity index (χ1n) is 9.36. The third-order valence-corrected chi connectivity index (χ3v) is 5.40. The molecule has 0 aromatic heterocycles. The summed E-state index contributed by atoms with van der Waals surface area (Å²) in [4.78, 5) is 0. The van der Waals surface area contributed by atoms with Gasteiger partial charge in [0.15, 0.2) is 0 Å². The smallest absolute Gasteiger partial charge is 0.119 e. The Morgan fingerprint density at radius 2 is 1.85 bits per heavy atom. The zero-order chi connectivity index (χ0) is 18.4. The van der Waals surface area contributed by atoms with Crippen molar-refractivity contribution in [3.8, 4) is 17.6 Å². The van der Waals surface area contributed by atoms with Crippen LogP contribution in [0.5, 0.6) is 11.5 Å². The molecule has 1 aliphatic carbocycles. The van der Waals surface area contributed by atoms with Crippen LogP contribution in [-0.4, -0.2) is 23.3 Å². The number of benzene rings is 2. The van der Waals surface area contributed by atoms with E-state index in [9.17, 15) is 15.5 Å². The molecule has 0 aliphatic heterocycles. The summed E-state index contributed by atoms with van der Waals surface area (Å²) >= 11 is 0. The predicted molar refractivity (Wildman–Crippen MR) is 109 cm³/mol. The lowest BCUT2D eigenvalue weighted by molar-refractivity contribution is 0.393. The van der Waals surface area contributed by atoms with E-state index in [1.54, 1.807) is 18.2 Å². The minimum absolute atomic E-state index is 0. The average molecular weight is 387 g/mol. The highest BCUT2D eigenvalue weighted by Gasteiger charge is 2.37. The molecule has 2 aromatic carbocycles. The van der Waals surface area contributed by atoms with E-state index >= 15 is 0 Å². The van der Waals surface area contributed by atoms with Crippen LogP contribution in [0.2, 0.25) is 0 Å². The van der Waals surface area contributed by atoms with Gasteiger partial charge in [-0.05, 0) is 86.5 Å². The van der Waals surface area contributed by atoms with Crippen molar-refractivity contribution in [3.63, 3.8) is 0 Å². The quantitative estimate of drug-likeness (QED) is 0.622. The molecular weight excluding hydrogens is 360 g/mol. The highest BCUT2D eigenvalue weighted by Crippen LogP contribution is 2.43. The minimum atomic E-state index is -0.467. The van der Waals surface area contributed by atoms with Crippen LogP contribution in [0, 0.1) is 11.3 Å². The van der Waals surface area contributed by atoms with Crippen molar-refractivity contribution >= 4 is 12.4 Å². The van der Waals surface area contributed by atoms with Gasteiger partial charge in [-0.1, -0.05) is 24.3 Å². The highest BCUT2D eigenvalue weighted by atomic mass is 35.5. The molecule has 0 bridgehead atoms. The second kappa shape index (κ2) is 9.64. The Labute approximate surface area is 167 Å². The van der Waals surface area contributed by atoms with Crippen LogP contribution < -0.4 is 5.32 Å². The number of rotatable bonds is 7. The summed E-state index contributed by atoms with van der Waals surface area (Å²) in [6.07, 6.45) is 5.33. The number of halogens is 1. The number of nitrogens with one attached hydrogen (secondary N) is 1. The molecule has 1 aliphatic rings. The van der Waals surface area contributed by atoms with E-state index < -0.39 is 5.41 Å². The first kappa shape index (κ1) is 21.1. The van der Waals surface area contributed by atoms with Gasteiger partial charge in [0.2, 0.25) is 0 Å². The molecule has 1 unspecified atom stereocenters. The number of nitrogens with zero attached hydrogens (tertiary/aromatic N) is 1. The van der Waals surface area contributed by atoms with Gasteiger partial charge < -0.3 is 15.5 Å². The predicted octanol–water partition coefficient (Wildman–Crippen LogP) is 4.23. The Balaban J connectivity index is 0.00000261. The third-order valence-electron chi connectivity index (χ3n) is 5.40. The van der Waals surface area contributed by atoms with Crippen LogP contribution in [0.25, 0.3) is 0 Å². The summed E-state index contributed by atoms with van der Waals surface area (Å²) in [6, 6.07) is 15.4. The zero-order valence-electron chi connectivity index (χ0n) is 15.4. The topological polar surface area (TPSA) is 76.3 Å². The molecule has 0 fully saturated rings. The van der Waals surface area contributed by atoms with Gasteiger partial charge in [-0.15, -0.1) is 12.4 Å². The zero-order valence-corrected chi connectivity index (χ0v) is 16.3. The van der Waals surface area contributed by atoms with Crippen LogP contribution in [0.3, 0.4) is 0 Å². The van der Waals surface area contributed by atoms with E-state index in [4.69, 9.17) is 0 Å². The molecule has 5 heteroatoms. The summed E-state index contributed by atoms with van der Waals surface area (Å²) in [5, 5.41) is 32.7. The standard InChI is InChI=1S/C22H26N2O2.ClH/c23-16-22(12-2-4-19-20(22)5-1-6-21(19)26)13-3-14-24-15-11-17-7-9-18(25)10-8-17;/h1,5-10,24-26H,2-4,11-15H2;1H. The van der Waals surface area contributed by atoms with E-state index in [0.717, 1.165) is 62.7 Å². The van der Waals surface area contributed by atoms with Crippen molar-refractivity contribution in [3.05, 3.63) is 59.2 Å². The Bertz CT molecular complexity index is 786. The molecule has 3 N–H and O–H groups in total. The summed E-state index contributed by atoms with van der Waals surface area (Å²) in [7, 11) is 0. The van der Waals surface area contributed by atoms with Crippen molar-refractivity contribution in [2.45, 2.75) is 43.9 Å². The van der Waals surface area contributed by atoms with Crippen molar-refractivity contribution in [2.24, 2.45) is 0 Å². The molecule has 0 spiro atoms. The normalized spacial score (nSPS) is 18.2. The Kier molecular flexibility index (Phi) is 7.53. The van der Waals surface area contributed by atoms with Gasteiger partial charge in [-0.25, -0.2) is 0 Å². The maximum atomic E-state index is 10.1. The van der Waals surface area contributed by atoms with Crippen molar-refractivity contribution in [1.29, 1.82) is 5.26 Å². The minimum Gasteiger partial charge on any atom is -0.508 e. The molecule has 0 saturated carbocycles. The van der Waals surface area contributed by atoms with E-state index in [1.165, 1.54) is 5.56 Å². The molecule has 2 aromatic rings. The van der Waals surface area contributed by atoms with Crippen LogP contribution >= 0.6 is 12.4 Å². The van der Waals surface area contributed by atoms with Crippen LogP contribution in [-0.2, 0) is 18.3 Å². The maximum Gasteiger partial charge on any atom is 0.119 e. The molecule has 3 rings (SSSR count). The second-order valence-corrected chi connectivity index (χ2v) is 7.12. The largest absolute Gasteiger partial charge is 0.508 e. The monoisotopic (exact) mass is 386 g/mol. The first-order valence-corrected chi connectivity index (χ1v) is 9.36. The molecule has 144 valence electrons. The van der Waals surface area contributed by atoms with Crippen LogP contribution in [0.15, 0.2) is 42.5 Å². The van der Waals surface area contributed by atoms with Crippen molar-refractivity contribution in [1.82, 2.24) is 5.32 Å². The fraction of sp³-hybridized carbons (Fsp3) is 0.409. The molecule has 0 saturated heterocycles. The van der Waals surface area contributed by atoms with Crippen molar-refractivity contribution in [2.75, 3.05) is 13.1 Å². The molecule has 0 heterocycles. The molecule has 4 nitrogen and oxygen atoms in total. The highest BCUT2D eigenvalue weighted by molar-refractivity contribution is 5.85. The fourth-order valence-electron chi connectivity index (χ4n) is 3.95. The maximum absolute atomic E-state index is 10.1. The van der Waals surface area contributed by atoms with Gasteiger partial charge in [0.05, 0.1) is 11.5 Å². The van der Waals surface area contributed by atoms with E-state index in [2.05, 4.69) is 11.4 Å². The Morgan fingerprint density at radius 1 is 1.07 bits per heavy atom. The Hall–Kier alpha value is -2.22. The van der Waals surface area contributed by atoms with Gasteiger partial charge in [-0.3, -0.25) is 0 Å². The number of hydrogen-bond acceptors (Lipinski definition) is 4. The number of phenolic OH excluding ortho intramolecular Hbond substituents is 2. The van der Waals surface area contributed by atoms with Crippen LogP contribution in [0.1, 0.15) is 42.4 Å². The van der Waals surface area contributed by atoms with Crippen molar-refractivity contribution < 1.29 is 10.2 Å². The number of fused-ring (bicyclic) bond motifs is 1. The van der Waals surface area contributed by atoms with Gasteiger partial charge in [0, 0.05) is 0 Å². The summed E-state index contributed by atoms with van der Waals surface area (Å²) < 4.78 is 0. The lowest BCUT2D eigenvalue weighted by Crippen LogP contribution is -2.31. The van der Waals surface area contributed by atoms with Gasteiger partial charge >= 0.3 is 0 Å². The summed E-state index contributed by atoms with van der Waals surface area (Å²) in [6.45, 7) is 1.75. The second-order valence-electron chi connectivity index (χ2n) is 7.12. The molecule has 0 amide bonds. The summed E-state index contributed by atoms with van der Waals surface area (Å²) in [5.41, 5.74) is 2.71. The Morgan fingerprint density at radius 3 is 2.59 bits per heavy atom. The van der Waals surface area contributed by atoms with E-state index in [0.29, 0.717) is 11.5 Å². The molecular formula is C22H27ClN2O2. The number of nitriles is 1. The first-order chi connectivity index (χ1) is 12.6. The van der Waals surface area contributed by atoms with Crippen LogP contribution in [0.4, 0.5) is 0 Å². The van der Waals surface area contributed by atoms with Gasteiger partial charge in [0.25, 0.3) is 0 Å². The van der Waals surface area contributed by atoms with Gasteiger partial charge in [0.1, 0.15) is 11.5 Å². The number of aromatic hydroxyl groups is 2. The SMILES string of the molecule is Cl.N#CC1(CCCNCCc2ccc(O)cc2)CCCc2c(O)cccc21. The summed E-state index contributed by atoms with van der Waals surface area (Å²) in [5.74, 6) is 0.621. The molecule has 1 atom stereocenters. The lowest BCUT2D eigenvalue weighted by Gasteiger charge is -2.33. The van der Waals surface area contributed by atoms with E-state index in [1.807, 2.05) is 24.3 Å². The fourth-order valence-corrected chi connectivity index (χ4v) is 3.95. The number of hydrogen-bond donors (Lipinski definition) is 3. The average Bonchev–Trinajstić information content (AvgIpc) is 2.66. The molecule has 0 radical (unpaired) electrons. The third kappa shape index (κ3) is 4.94. The number of phenols is 2. The van der Waals surface area contributed by atoms with E-state index in [-0.39, 0.29) is 12.4 Å². The molecule has 27 heavy (non-hydrogen) atoms. The lowest BCUT2D eigenvalue weighted by atomic mass is 9.68.